The number of esters is 2. The third kappa shape index (κ3) is 4.73. The van der Waals surface area contributed by atoms with E-state index in [0.29, 0.717) is 46.9 Å². The maximum atomic E-state index is 13.9. The van der Waals surface area contributed by atoms with Crippen LogP contribution in [0.15, 0.2) is 40.7 Å². The van der Waals surface area contributed by atoms with Crippen molar-refractivity contribution in [3.8, 4) is 11.5 Å². The van der Waals surface area contributed by atoms with Gasteiger partial charge in [0.15, 0.2) is 17.3 Å². The number of hydrogen-bond donors (Lipinski definition) is 1. The largest absolute Gasteiger partial charge is 0.493 e. The van der Waals surface area contributed by atoms with Crippen LogP contribution < -0.4 is 14.8 Å². The molecule has 194 valence electrons. The fourth-order valence-electron chi connectivity index (χ4n) is 5.64. The third-order valence-electron chi connectivity index (χ3n) is 7.36. The molecular formula is C28H35NO7. The number of nitrogens with one attached hydrogen (secondary N) is 1. The first-order valence-electron chi connectivity index (χ1n) is 12.6. The van der Waals surface area contributed by atoms with E-state index in [1.54, 1.807) is 19.2 Å². The zero-order valence-corrected chi connectivity index (χ0v) is 21.6. The normalized spacial score (nSPS) is 24.2. The Labute approximate surface area is 212 Å². The summed E-state index contributed by atoms with van der Waals surface area (Å²) in [6.07, 6.45) is 4.08. The average Bonchev–Trinajstić information content (AvgIpc) is 3.36. The van der Waals surface area contributed by atoms with Crippen molar-refractivity contribution in [3.05, 3.63) is 46.3 Å². The van der Waals surface area contributed by atoms with Crippen LogP contribution in [0.1, 0.15) is 64.4 Å². The lowest BCUT2D eigenvalue weighted by Crippen LogP contribution is -2.43. The first-order valence-corrected chi connectivity index (χ1v) is 12.6. The lowest BCUT2D eigenvalue weighted by molar-refractivity contribution is -0.151. The van der Waals surface area contributed by atoms with Crippen molar-refractivity contribution in [1.29, 1.82) is 0 Å². The van der Waals surface area contributed by atoms with Gasteiger partial charge in [0.25, 0.3) is 0 Å². The highest BCUT2D eigenvalue weighted by molar-refractivity contribution is 6.12. The fraction of sp³-hybridized carbons (Fsp3) is 0.536. The Morgan fingerprint density at radius 1 is 1.11 bits per heavy atom. The quantitative estimate of drug-likeness (QED) is 0.442. The zero-order valence-electron chi connectivity index (χ0n) is 21.6. The van der Waals surface area contributed by atoms with Gasteiger partial charge in [0.05, 0.1) is 26.4 Å². The minimum Gasteiger partial charge on any atom is -0.493 e. The number of benzene rings is 1. The van der Waals surface area contributed by atoms with Gasteiger partial charge >= 0.3 is 11.9 Å². The molecule has 0 radical (unpaired) electrons. The number of allylic oxidation sites excluding steroid dienone is 3. The predicted molar refractivity (Wildman–Crippen MR) is 132 cm³/mol. The number of carbonyl (C=O) groups excluding carboxylic acids is 3. The van der Waals surface area contributed by atoms with Crippen molar-refractivity contribution in [2.75, 3.05) is 20.8 Å². The molecule has 0 spiro atoms. The van der Waals surface area contributed by atoms with E-state index >= 15 is 0 Å². The van der Waals surface area contributed by atoms with Crippen LogP contribution in [-0.2, 0) is 23.9 Å². The molecular weight excluding hydrogens is 462 g/mol. The second kappa shape index (κ2) is 10.8. The number of ketones is 1. The smallest absolute Gasteiger partial charge is 0.337 e. The molecule has 0 aromatic heterocycles. The summed E-state index contributed by atoms with van der Waals surface area (Å²) in [7, 11) is 2.83. The molecule has 3 aliphatic rings. The molecule has 1 fully saturated rings. The molecule has 3 atom stereocenters. The molecule has 1 aromatic carbocycles. The van der Waals surface area contributed by atoms with Crippen molar-refractivity contribution in [2.45, 2.75) is 64.9 Å². The summed E-state index contributed by atoms with van der Waals surface area (Å²) in [6, 6.07) is 5.41. The number of rotatable bonds is 7. The number of ether oxygens (including phenoxy) is 4. The third-order valence-corrected chi connectivity index (χ3v) is 7.36. The lowest BCUT2D eigenvalue weighted by Gasteiger charge is -2.38. The fourth-order valence-corrected chi connectivity index (χ4v) is 5.64. The van der Waals surface area contributed by atoms with E-state index in [0.717, 1.165) is 31.4 Å². The van der Waals surface area contributed by atoms with Gasteiger partial charge < -0.3 is 24.3 Å². The van der Waals surface area contributed by atoms with Crippen LogP contribution in [0.5, 0.6) is 11.5 Å². The van der Waals surface area contributed by atoms with Crippen LogP contribution in [0.3, 0.4) is 0 Å². The van der Waals surface area contributed by atoms with Crippen LogP contribution in [0.4, 0.5) is 0 Å². The number of dihydropyridines is 1. The van der Waals surface area contributed by atoms with Crippen LogP contribution >= 0.6 is 0 Å². The Morgan fingerprint density at radius 2 is 1.83 bits per heavy atom. The molecule has 0 amide bonds. The Balaban J connectivity index is 1.84. The standard InChI is InChI=1S/C28H35NO7/c1-6-35-20-12-11-17(14-21(20)33-4)24-23(28(32)36-18-9-7-8-10-18)16(3)29-19-13-15(2)22(27(31)34-5)26(30)25(19)24/h11-12,14-15,18,22,24,29H,6-10,13H2,1-5H3. The average molecular weight is 498 g/mol. The Kier molecular flexibility index (Phi) is 7.71. The molecule has 1 N–H and O–H groups in total. The highest BCUT2D eigenvalue weighted by atomic mass is 16.5. The molecule has 2 aliphatic carbocycles. The number of Topliss-reactive ketones (excluding diaryl/α,β-unsaturated/α-hetero) is 1. The molecule has 1 heterocycles. The highest BCUT2D eigenvalue weighted by Gasteiger charge is 2.47. The zero-order chi connectivity index (χ0) is 26.0. The topological polar surface area (TPSA) is 100 Å². The molecule has 8 heteroatoms. The van der Waals surface area contributed by atoms with Gasteiger partial charge in [-0.2, -0.15) is 0 Å². The van der Waals surface area contributed by atoms with Gasteiger partial charge in [-0.05, 0) is 69.6 Å². The van der Waals surface area contributed by atoms with Crippen LogP contribution in [0, 0.1) is 11.8 Å². The van der Waals surface area contributed by atoms with Crippen molar-refractivity contribution < 1.29 is 33.3 Å². The van der Waals surface area contributed by atoms with Gasteiger partial charge in [0.1, 0.15) is 12.0 Å². The van der Waals surface area contributed by atoms with Crippen LogP contribution in [-0.4, -0.2) is 44.7 Å². The van der Waals surface area contributed by atoms with Crippen LogP contribution in [0.2, 0.25) is 0 Å². The molecule has 36 heavy (non-hydrogen) atoms. The second-order valence-corrected chi connectivity index (χ2v) is 9.69. The van der Waals surface area contributed by atoms with Crippen molar-refractivity contribution in [2.24, 2.45) is 11.8 Å². The number of hydrogen-bond acceptors (Lipinski definition) is 8. The number of carbonyl (C=O) groups is 3. The van der Waals surface area contributed by atoms with E-state index in [1.807, 2.05) is 26.8 Å². The summed E-state index contributed by atoms with van der Waals surface area (Å²) in [5, 5.41) is 3.30. The lowest BCUT2D eigenvalue weighted by atomic mass is 9.69. The second-order valence-electron chi connectivity index (χ2n) is 9.69. The van der Waals surface area contributed by atoms with Gasteiger partial charge in [-0.25, -0.2) is 4.79 Å². The van der Waals surface area contributed by atoms with Crippen molar-refractivity contribution in [1.82, 2.24) is 5.32 Å². The maximum Gasteiger partial charge on any atom is 0.337 e. The van der Waals surface area contributed by atoms with E-state index in [2.05, 4.69) is 5.32 Å². The van der Waals surface area contributed by atoms with Crippen molar-refractivity contribution >= 4 is 17.7 Å². The highest BCUT2D eigenvalue weighted by Crippen LogP contribution is 2.47. The van der Waals surface area contributed by atoms with Gasteiger partial charge in [-0.1, -0.05) is 13.0 Å². The first-order chi connectivity index (χ1) is 17.3. The first kappa shape index (κ1) is 25.8. The van der Waals surface area contributed by atoms with Crippen LogP contribution in [0.25, 0.3) is 0 Å². The minimum absolute atomic E-state index is 0.131. The summed E-state index contributed by atoms with van der Waals surface area (Å²) in [5.41, 5.74) is 2.83. The van der Waals surface area contributed by atoms with E-state index in [1.165, 1.54) is 7.11 Å². The molecule has 4 rings (SSSR count). The molecule has 0 saturated heterocycles. The SMILES string of the molecule is CCOc1ccc(C2C(C(=O)OC3CCCC3)=C(C)NC3=C2C(=O)C(C(=O)OC)C(C)C3)cc1OC. The summed E-state index contributed by atoms with van der Waals surface area (Å²) < 4.78 is 22.1. The molecule has 3 unspecified atom stereocenters. The molecule has 8 nitrogen and oxygen atoms in total. The Bertz CT molecular complexity index is 1110. The van der Waals surface area contributed by atoms with Gasteiger partial charge in [0.2, 0.25) is 0 Å². The van der Waals surface area contributed by atoms with E-state index < -0.39 is 23.8 Å². The van der Waals surface area contributed by atoms with Gasteiger partial charge in [0, 0.05) is 22.9 Å². The van der Waals surface area contributed by atoms with E-state index in [-0.39, 0.29) is 17.8 Å². The Morgan fingerprint density at radius 3 is 2.47 bits per heavy atom. The van der Waals surface area contributed by atoms with Gasteiger partial charge in [-0.15, -0.1) is 0 Å². The Hall–Kier alpha value is -3.29. The van der Waals surface area contributed by atoms with E-state index in [4.69, 9.17) is 18.9 Å². The van der Waals surface area contributed by atoms with E-state index in [9.17, 15) is 14.4 Å². The summed E-state index contributed by atoms with van der Waals surface area (Å²) in [6.45, 7) is 6.04. The van der Waals surface area contributed by atoms with Gasteiger partial charge in [-0.3, -0.25) is 9.59 Å². The molecule has 1 aromatic rings. The van der Waals surface area contributed by atoms with Crippen molar-refractivity contribution in [3.63, 3.8) is 0 Å². The molecule has 1 aliphatic heterocycles. The molecule has 1 saturated carbocycles. The molecule has 0 bridgehead atoms. The summed E-state index contributed by atoms with van der Waals surface area (Å²) in [5.74, 6) is -2.18. The monoisotopic (exact) mass is 497 g/mol. The minimum atomic E-state index is -0.937. The summed E-state index contributed by atoms with van der Waals surface area (Å²) >= 11 is 0. The maximum absolute atomic E-state index is 13.9. The summed E-state index contributed by atoms with van der Waals surface area (Å²) in [4.78, 5) is 40.1. The predicted octanol–water partition coefficient (Wildman–Crippen LogP) is 4.19. The number of methoxy groups -OCH3 is 2.